The molecule has 92 valence electrons. The van der Waals surface area contributed by atoms with Crippen molar-refractivity contribution in [3.05, 3.63) is 46.5 Å². The van der Waals surface area contributed by atoms with Crippen molar-refractivity contribution in [3.8, 4) is 11.1 Å². The van der Waals surface area contributed by atoms with Crippen molar-refractivity contribution in [1.82, 2.24) is 9.55 Å². The highest BCUT2D eigenvalue weighted by molar-refractivity contribution is 5.96. The number of nitrogens with two attached hydrogens (primary N) is 1. The molecule has 0 saturated heterocycles. The van der Waals surface area contributed by atoms with Crippen LogP contribution in [0.4, 0.5) is 5.82 Å². The molecule has 0 unspecified atom stereocenters. The number of carbonyl (C=O) groups is 1. The zero-order valence-corrected chi connectivity index (χ0v) is 9.62. The van der Waals surface area contributed by atoms with E-state index in [9.17, 15) is 9.59 Å². The van der Waals surface area contributed by atoms with Gasteiger partial charge in [0.1, 0.15) is 11.4 Å². The van der Waals surface area contributed by atoms with Crippen LogP contribution >= 0.6 is 0 Å². The van der Waals surface area contributed by atoms with Crippen molar-refractivity contribution < 1.29 is 9.90 Å². The molecule has 0 amide bonds. The molecule has 2 aromatic rings. The molecule has 0 aromatic carbocycles. The molecule has 2 rings (SSSR count). The second kappa shape index (κ2) is 4.33. The van der Waals surface area contributed by atoms with Gasteiger partial charge in [0.05, 0.1) is 0 Å². The summed E-state index contributed by atoms with van der Waals surface area (Å²) < 4.78 is 1.11. The van der Waals surface area contributed by atoms with Gasteiger partial charge >= 0.3 is 5.97 Å². The lowest BCUT2D eigenvalue weighted by Crippen LogP contribution is -2.27. The first-order chi connectivity index (χ1) is 8.52. The van der Waals surface area contributed by atoms with Crippen LogP contribution in [-0.4, -0.2) is 20.6 Å². The van der Waals surface area contributed by atoms with Crippen LogP contribution in [0.25, 0.3) is 11.1 Å². The van der Waals surface area contributed by atoms with Gasteiger partial charge in [-0.25, -0.2) is 4.79 Å². The summed E-state index contributed by atoms with van der Waals surface area (Å²) in [5, 5.41) is 9.15. The summed E-state index contributed by atoms with van der Waals surface area (Å²) in [6.07, 6.45) is 3.04. The fourth-order valence-electron chi connectivity index (χ4n) is 1.68. The molecule has 0 radical (unpaired) electrons. The topological polar surface area (TPSA) is 98.2 Å². The number of aromatic carboxylic acids is 1. The average Bonchev–Trinajstić information content (AvgIpc) is 2.36. The average molecular weight is 245 g/mol. The standard InChI is InChI=1S/C12H11N3O3/c1-15-9(13)6-8(7-2-4-14-5-3-7)10(11(15)16)12(17)18/h2-6H,13H2,1H3,(H,17,18). The zero-order valence-electron chi connectivity index (χ0n) is 9.62. The summed E-state index contributed by atoms with van der Waals surface area (Å²) in [5.74, 6) is -1.07. The van der Waals surface area contributed by atoms with E-state index < -0.39 is 11.5 Å². The fourth-order valence-corrected chi connectivity index (χ4v) is 1.68. The number of nitrogens with zero attached hydrogens (tertiary/aromatic N) is 2. The zero-order chi connectivity index (χ0) is 13.3. The van der Waals surface area contributed by atoms with E-state index in [4.69, 9.17) is 10.8 Å². The third kappa shape index (κ3) is 1.84. The van der Waals surface area contributed by atoms with Crippen LogP contribution in [0.1, 0.15) is 10.4 Å². The van der Waals surface area contributed by atoms with Crippen LogP contribution in [0.2, 0.25) is 0 Å². The minimum absolute atomic E-state index is 0.205. The van der Waals surface area contributed by atoms with E-state index in [1.165, 1.54) is 25.5 Å². The minimum atomic E-state index is -1.28. The van der Waals surface area contributed by atoms with E-state index >= 15 is 0 Å². The number of anilines is 1. The lowest BCUT2D eigenvalue weighted by Gasteiger charge is -2.10. The first-order valence-corrected chi connectivity index (χ1v) is 5.15. The maximum atomic E-state index is 11.9. The first-order valence-electron chi connectivity index (χ1n) is 5.15. The molecule has 6 nitrogen and oxygen atoms in total. The van der Waals surface area contributed by atoms with E-state index in [2.05, 4.69) is 4.98 Å². The van der Waals surface area contributed by atoms with Crippen LogP contribution in [0.3, 0.4) is 0 Å². The quantitative estimate of drug-likeness (QED) is 0.812. The second-order valence-electron chi connectivity index (χ2n) is 3.76. The highest BCUT2D eigenvalue weighted by atomic mass is 16.4. The van der Waals surface area contributed by atoms with E-state index in [0.29, 0.717) is 11.1 Å². The van der Waals surface area contributed by atoms with Crippen LogP contribution in [0.15, 0.2) is 35.4 Å². The van der Waals surface area contributed by atoms with Crippen LogP contribution in [0.5, 0.6) is 0 Å². The Morgan fingerprint density at radius 2 is 2.00 bits per heavy atom. The SMILES string of the molecule is Cn1c(N)cc(-c2ccncc2)c(C(=O)O)c1=O. The predicted octanol–water partition coefficient (Wildman–Crippen LogP) is 0.728. The molecule has 0 aliphatic rings. The summed E-state index contributed by atoms with van der Waals surface area (Å²) in [5.41, 5.74) is 5.64. The molecule has 0 bridgehead atoms. The number of hydrogen-bond acceptors (Lipinski definition) is 4. The van der Waals surface area contributed by atoms with Crippen molar-refractivity contribution in [2.75, 3.05) is 5.73 Å². The molecule has 0 spiro atoms. The third-order valence-corrected chi connectivity index (χ3v) is 2.67. The Kier molecular flexibility index (Phi) is 2.85. The Labute approximate surface area is 102 Å². The Bertz CT molecular complexity index is 662. The van der Waals surface area contributed by atoms with Gasteiger partial charge in [0, 0.05) is 25.0 Å². The van der Waals surface area contributed by atoms with E-state index in [1.54, 1.807) is 12.1 Å². The summed E-state index contributed by atoms with van der Waals surface area (Å²) in [6.45, 7) is 0. The van der Waals surface area contributed by atoms with E-state index in [1.807, 2.05) is 0 Å². The molecule has 6 heteroatoms. The molecular formula is C12H11N3O3. The van der Waals surface area contributed by atoms with Gasteiger partial charge in [-0.1, -0.05) is 0 Å². The molecule has 0 aliphatic heterocycles. The van der Waals surface area contributed by atoms with Gasteiger partial charge < -0.3 is 10.8 Å². The second-order valence-corrected chi connectivity index (χ2v) is 3.76. The van der Waals surface area contributed by atoms with E-state index in [-0.39, 0.29) is 11.4 Å². The van der Waals surface area contributed by atoms with Crippen molar-refractivity contribution in [2.45, 2.75) is 0 Å². The molecule has 18 heavy (non-hydrogen) atoms. The lowest BCUT2D eigenvalue weighted by molar-refractivity contribution is 0.0695. The summed E-state index contributed by atoms with van der Waals surface area (Å²) >= 11 is 0. The summed E-state index contributed by atoms with van der Waals surface area (Å²) in [4.78, 5) is 27.0. The molecule has 0 aliphatic carbocycles. The van der Waals surface area contributed by atoms with Gasteiger partial charge in [0.25, 0.3) is 5.56 Å². The Balaban J connectivity index is 2.83. The molecule has 2 aromatic heterocycles. The third-order valence-electron chi connectivity index (χ3n) is 2.67. The van der Waals surface area contributed by atoms with Crippen LogP contribution < -0.4 is 11.3 Å². The lowest BCUT2D eigenvalue weighted by atomic mass is 10.0. The predicted molar refractivity (Wildman–Crippen MR) is 66.3 cm³/mol. The van der Waals surface area contributed by atoms with Gasteiger partial charge in [0.2, 0.25) is 0 Å². The summed E-state index contributed by atoms with van der Waals surface area (Å²) in [7, 11) is 1.43. The monoisotopic (exact) mass is 245 g/mol. The van der Waals surface area contributed by atoms with Gasteiger partial charge in [-0.2, -0.15) is 0 Å². The Morgan fingerprint density at radius 1 is 1.39 bits per heavy atom. The van der Waals surface area contributed by atoms with Crippen molar-refractivity contribution >= 4 is 11.8 Å². The van der Waals surface area contributed by atoms with Crippen molar-refractivity contribution in [2.24, 2.45) is 7.05 Å². The molecule has 0 atom stereocenters. The number of carboxylic acid groups (broad SMARTS) is 1. The smallest absolute Gasteiger partial charge is 0.341 e. The number of pyridine rings is 2. The fraction of sp³-hybridized carbons (Fsp3) is 0.0833. The molecular weight excluding hydrogens is 234 g/mol. The molecule has 3 N–H and O–H groups in total. The first kappa shape index (κ1) is 11.8. The van der Waals surface area contributed by atoms with Crippen molar-refractivity contribution in [1.29, 1.82) is 0 Å². The normalized spacial score (nSPS) is 10.3. The van der Waals surface area contributed by atoms with E-state index in [0.717, 1.165) is 4.57 Å². The molecule has 0 saturated carbocycles. The number of hydrogen-bond donors (Lipinski definition) is 2. The highest BCUT2D eigenvalue weighted by Gasteiger charge is 2.18. The highest BCUT2D eigenvalue weighted by Crippen LogP contribution is 2.22. The largest absolute Gasteiger partial charge is 0.477 e. The molecule has 0 fully saturated rings. The van der Waals surface area contributed by atoms with Crippen molar-refractivity contribution in [3.63, 3.8) is 0 Å². The van der Waals surface area contributed by atoms with Gasteiger partial charge in [-0.15, -0.1) is 0 Å². The minimum Gasteiger partial charge on any atom is -0.477 e. The van der Waals surface area contributed by atoms with Gasteiger partial charge in [-0.05, 0) is 23.8 Å². The Hall–Kier alpha value is -2.63. The maximum Gasteiger partial charge on any atom is 0.341 e. The Morgan fingerprint density at radius 3 is 2.56 bits per heavy atom. The maximum absolute atomic E-state index is 11.9. The number of nitrogen functional groups attached to an aromatic ring is 1. The molecule has 2 heterocycles. The van der Waals surface area contributed by atoms with Gasteiger partial charge in [0.15, 0.2) is 0 Å². The number of rotatable bonds is 2. The van der Waals surface area contributed by atoms with Crippen LogP contribution in [0, 0.1) is 0 Å². The summed E-state index contributed by atoms with van der Waals surface area (Å²) in [6, 6.07) is 4.72. The number of aromatic nitrogens is 2. The number of carboxylic acids is 1. The van der Waals surface area contributed by atoms with Crippen LogP contribution in [-0.2, 0) is 7.05 Å². The van der Waals surface area contributed by atoms with Gasteiger partial charge in [-0.3, -0.25) is 14.3 Å².